The smallest absolute Gasteiger partial charge is 0.240 e. The van der Waals surface area contributed by atoms with E-state index in [9.17, 15) is 8.42 Å². The highest BCUT2D eigenvalue weighted by molar-refractivity contribution is 7.89. The number of sulfonamides is 1. The lowest BCUT2D eigenvalue weighted by Gasteiger charge is -2.14. The Balaban J connectivity index is 1.50. The average Bonchev–Trinajstić information content (AvgIpc) is 3.28. The van der Waals surface area contributed by atoms with Gasteiger partial charge in [0.05, 0.1) is 11.0 Å². The number of aryl methyl sites for hydroxylation is 1. The molecule has 0 aliphatic carbocycles. The number of ether oxygens (including phenoxy) is 1. The zero-order valence-corrected chi connectivity index (χ0v) is 18.3. The summed E-state index contributed by atoms with van der Waals surface area (Å²) in [5, 5.41) is 6.55. The first kappa shape index (κ1) is 22.3. The monoisotopic (exact) mass is 430 g/mol. The summed E-state index contributed by atoms with van der Waals surface area (Å²) in [6.45, 7) is 4.32. The maximum absolute atomic E-state index is 12.4. The van der Waals surface area contributed by atoms with Crippen LogP contribution in [0.1, 0.15) is 29.5 Å². The maximum Gasteiger partial charge on any atom is 0.240 e. The maximum atomic E-state index is 12.4. The number of aliphatic imine (C=N–C) groups is 1. The summed E-state index contributed by atoms with van der Waals surface area (Å²) < 4.78 is 33.0. The lowest BCUT2D eigenvalue weighted by molar-refractivity contribution is 0.114. The molecule has 1 saturated heterocycles. The highest BCUT2D eigenvalue weighted by Gasteiger charge is 2.20. The van der Waals surface area contributed by atoms with E-state index in [0.717, 1.165) is 18.4 Å². The van der Waals surface area contributed by atoms with Gasteiger partial charge in [-0.1, -0.05) is 36.4 Å². The van der Waals surface area contributed by atoms with Crippen molar-refractivity contribution in [2.24, 2.45) is 4.99 Å². The van der Waals surface area contributed by atoms with Gasteiger partial charge in [-0.3, -0.25) is 4.99 Å². The molecule has 1 aliphatic rings. The molecule has 162 valence electrons. The van der Waals surface area contributed by atoms with Gasteiger partial charge in [-0.25, -0.2) is 13.1 Å². The molecule has 0 aromatic heterocycles. The van der Waals surface area contributed by atoms with Gasteiger partial charge < -0.3 is 15.4 Å². The van der Waals surface area contributed by atoms with Crippen LogP contribution >= 0.6 is 0 Å². The molecule has 3 N–H and O–H groups in total. The molecule has 1 aliphatic heterocycles. The Morgan fingerprint density at radius 3 is 2.50 bits per heavy atom. The van der Waals surface area contributed by atoms with E-state index in [4.69, 9.17) is 4.74 Å². The van der Waals surface area contributed by atoms with Crippen LogP contribution in [0.15, 0.2) is 58.4 Å². The van der Waals surface area contributed by atoms with Crippen molar-refractivity contribution >= 4 is 16.0 Å². The van der Waals surface area contributed by atoms with E-state index >= 15 is 0 Å². The molecule has 0 radical (unpaired) electrons. The topological polar surface area (TPSA) is 91.8 Å². The fourth-order valence-electron chi connectivity index (χ4n) is 3.27. The average molecular weight is 431 g/mol. The van der Waals surface area contributed by atoms with Crippen molar-refractivity contribution in [1.29, 1.82) is 0 Å². The van der Waals surface area contributed by atoms with Crippen LogP contribution in [0.3, 0.4) is 0 Å². The van der Waals surface area contributed by atoms with Gasteiger partial charge in [0.1, 0.15) is 0 Å². The van der Waals surface area contributed by atoms with Crippen LogP contribution in [0.5, 0.6) is 0 Å². The molecule has 1 unspecified atom stereocenters. The molecule has 0 spiro atoms. The molecule has 1 atom stereocenters. The second kappa shape index (κ2) is 10.6. The molecular formula is C22H30N4O3S. The minimum absolute atomic E-state index is 0.0258. The molecule has 2 aromatic carbocycles. The third-order valence-electron chi connectivity index (χ3n) is 5.15. The van der Waals surface area contributed by atoms with E-state index in [2.05, 4.69) is 39.4 Å². The summed E-state index contributed by atoms with van der Waals surface area (Å²) in [6.07, 6.45) is 1.85. The fraction of sp³-hybridized carbons (Fsp3) is 0.409. The van der Waals surface area contributed by atoms with Gasteiger partial charge in [0.2, 0.25) is 10.0 Å². The Hall–Kier alpha value is -2.42. The van der Waals surface area contributed by atoms with Crippen molar-refractivity contribution in [3.63, 3.8) is 0 Å². The van der Waals surface area contributed by atoms with Gasteiger partial charge in [0.15, 0.2) is 5.96 Å². The van der Waals surface area contributed by atoms with Crippen LogP contribution in [-0.4, -0.2) is 40.7 Å². The van der Waals surface area contributed by atoms with Crippen molar-refractivity contribution in [2.45, 2.75) is 43.9 Å². The quantitative estimate of drug-likeness (QED) is 0.442. The van der Waals surface area contributed by atoms with Crippen molar-refractivity contribution in [1.82, 2.24) is 15.4 Å². The van der Waals surface area contributed by atoms with Gasteiger partial charge in [-0.2, -0.15) is 0 Å². The van der Waals surface area contributed by atoms with Crippen LogP contribution in [0.4, 0.5) is 0 Å². The molecule has 0 amide bonds. The fourth-order valence-corrected chi connectivity index (χ4v) is 4.34. The van der Waals surface area contributed by atoms with E-state index in [-0.39, 0.29) is 11.0 Å². The molecule has 1 fully saturated rings. The first-order valence-corrected chi connectivity index (χ1v) is 11.7. The third kappa shape index (κ3) is 6.29. The Morgan fingerprint density at radius 2 is 1.83 bits per heavy atom. The number of hydrogen-bond donors (Lipinski definition) is 3. The summed E-state index contributed by atoms with van der Waals surface area (Å²) in [5.41, 5.74) is 3.41. The molecule has 0 saturated carbocycles. The highest BCUT2D eigenvalue weighted by Crippen LogP contribution is 2.14. The number of nitrogens with zero attached hydrogens (tertiary/aromatic N) is 1. The Morgan fingerprint density at radius 1 is 1.10 bits per heavy atom. The standard InChI is InChI=1S/C22H30N4O3S/c1-17-6-3-4-7-19(17)15-25-22(23-2)24-14-18-9-11-21(12-10-18)30(27,28)26-16-20-8-5-13-29-20/h3-4,6-7,9-12,20,26H,5,8,13-16H2,1-2H3,(H2,23,24,25). The van der Waals surface area contributed by atoms with Crippen LogP contribution in [-0.2, 0) is 27.8 Å². The predicted molar refractivity (Wildman–Crippen MR) is 119 cm³/mol. The van der Waals surface area contributed by atoms with Crippen LogP contribution in [0.2, 0.25) is 0 Å². The summed E-state index contributed by atoms with van der Waals surface area (Å²) in [6, 6.07) is 15.1. The third-order valence-corrected chi connectivity index (χ3v) is 6.59. The van der Waals surface area contributed by atoms with Gasteiger partial charge in [0, 0.05) is 33.3 Å². The van der Waals surface area contributed by atoms with Crippen LogP contribution < -0.4 is 15.4 Å². The Bertz CT molecular complexity index is 953. The lowest BCUT2D eigenvalue weighted by Crippen LogP contribution is -2.36. The zero-order chi connectivity index (χ0) is 21.4. The van der Waals surface area contributed by atoms with Gasteiger partial charge in [-0.05, 0) is 48.6 Å². The van der Waals surface area contributed by atoms with Crippen LogP contribution in [0.25, 0.3) is 0 Å². The SMILES string of the molecule is CN=C(NCc1ccc(S(=O)(=O)NCC2CCCO2)cc1)NCc1ccccc1C. The summed E-state index contributed by atoms with van der Waals surface area (Å²) in [7, 11) is -1.81. The number of hydrogen-bond acceptors (Lipinski definition) is 4. The summed E-state index contributed by atoms with van der Waals surface area (Å²) >= 11 is 0. The highest BCUT2D eigenvalue weighted by atomic mass is 32.2. The molecule has 8 heteroatoms. The predicted octanol–water partition coefficient (Wildman–Crippen LogP) is 2.32. The molecule has 3 rings (SSSR count). The Kier molecular flexibility index (Phi) is 7.84. The molecule has 7 nitrogen and oxygen atoms in total. The number of nitrogens with one attached hydrogen (secondary N) is 3. The molecular weight excluding hydrogens is 400 g/mol. The van der Waals surface area contributed by atoms with Crippen molar-refractivity contribution in [3.8, 4) is 0 Å². The molecule has 0 bridgehead atoms. The number of guanidine groups is 1. The van der Waals surface area contributed by atoms with E-state index < -0.39 is 10.0 Å². The van der Waals surface area contributed by atoms with Gasteiger partial charge >= 0.3 is 0 Å². The van der Waals surface area contributed by atoms with E-state index in [0.29, 0.717) is 32.2 Å². The van der Waals surface area contributed by atoms with Crippen molar-refractivity contribution < 1.29 is 13.2 Å². The normalized spacial score (nSPS) is 17.1. The van der Waals surface area contributed by atoms with Gasteiger partial charge in [-0.15, -0.1) is 0 Å². The number of rotatable bonds is 8. The van der Waals surface area contributed by atoms with E-state index in [1.165, 1.54) is 11.1 Å². The zero-order valence-electron chi connectivity index (χ0n) is 17.5. The molecule has 2 aromatic rings. The van der Waals surface area contributed by atoms with E-state index in [1.54, 1.807) is 19.2 Å². The molecule has 1 heterocycles. The van der Waals surface area contributed by atoms with E-state index in [1.807, 2.05) is 24.3 Å². The Labute approximate surface area is 179 Å². The minimum atomic E-state index is -3.53. The van der Waals surface area contributed by atoms with Crippen molar-refractivity contribution in [3.05, 3.63) is 65.2 Å². The minimum Gasteiger partial charge on any atom is -0.377 e. The molecule has 30 heavy (non-hydrogen) atoms. The van der Waals surface area contributed by atoms with Crippen LogP contribution in [0, 0.1) is 6.92 Å². The second-order valence-electron chi connectivity index (χ2n) is 7.34. The lowest BCUT2D eigenvalue weighted by atomic mass is 10.1. The first-order chi connectivity index (χ1) is 14.5. The summed E-state index contributed by atoms with van der Waals surface area (Å²) in [5.74, 6) is 0.688. The summed E-state index contributed by atoms with van der Waals surface area (Å²) in [4.78, 5) is 4.50. The largest absolute Gasteiger partial charge is 0.377 e. The van der Waals surface area contributed by atoms with Crippen molar-refractivity contribution in [2.75, 3.05) is 20.2 Å². The second-order valence-corrected chi connectivity index (χ2v) is 9.10. The first-order valence-electron chi connectivity index (χ1n) is 10.2. The van der Waals surface area contributed by atoms with Gasteiger partial charge in [0.25, 0.3) is 0 Å². The number of benzene rings is 2.